The number of rotatable bonds is 4. The molecule has 3 amide bonds. The van der Waals surface area contributed by atoms with Gasteiger partial charge in [0, 0.05) is 11.3 Å². The number of hydrogen-bond acceptors (Lipinski definition) is 5. The molecule has 1 aliphatic heterocycles. The molecule has 0 bridgehead atoms. The molecule has 2 aromatic rings. The molecule has 0 saturated carbocycles. The summed E-state index contributed by atoms with van der Waals surface area (Å²) in [5.41, 5.74) is 0.352. The monoisotopic (exact) mass is 378 g/mol. The molecule has 0 radical (unpaired) electrons. The molecule has 1 aliphatic rings. The van der Waals surface area contributed by atoms with Gasteiger partial charge < -0.3 is 0 Å². The number of anilines is 1. The van der Waals surface area contributed by atoms with E-state index in [1.54, 1.807) is 30.3 Å². The number of hydrogen-bond donors (Lipinski definition) is 0. The summed E-state index contributed by atoms with van der Waals surface area (Å²) in [6.07, 6.45) is 0. The second kappa shape index (κ2) is 6.30. The van der Waals surface area contributed by atoms with Crippen LogP contribution in [0, 0.1) is 0 Å². The SMILES string of the molecule is O=C(Cl)c1cccc(S(=O)(=O)N2C(=O)CN(c3ccccc3)C2=O)c1. The van der Waals surface area contributed by atoms with E-state index in [0.29, 0.717) is 5.69 Å². The first-order valence-corrected chi connectivity index (χ1v) is 8.89. The minimum Gasteiger partial charge on any atom is -0.284 e. The second-order valence-corrected chi connectivity index (χ2v) is 7.30. The zero-order chi connectivity index (χ0) is 18.2. The van der Waals surface area contributed by atoms with Gasteiger partial charge in [0.05, 0.1) is 4.90 Å². The van der Waals surface area contributed by atoms with Gasteiger partial charge in [-0.05, 0) is 35.9 Å². The number of sulfonamides is 1. The number of urea groups is 1. The van der Waals surface area contributed by atoms with Crippen molar-refractivity contribution in [3.63, 3.8) is 0 Å². The smallest absolute Gasteiger partial charge is 0.284 e. The summed E-state index contributed by atoms with van der Waals surface area (Å²) in [4.78, 5) is 36.6. The average Bonchev–Trinajstić information content (AvgIpc) is 2.91. The molecule has 7 nitrogen and oxygen atoms in total. The lowest BCUT2D eigenvalue weighted by molar-refractivity contribution is -0.121. The summed E-state index contributed by atoms with van der Waals surface area (Å²) in [6, 6.07) is 12.1. The molecule has 9 heteroatoms. The zero-order valence-corrected chi connectivity index (χ0v) is 14.2. The lowest BCUT2D eigenvalue weighted by Crippen LogP contribution is -2.38. The Kier molecular flexibility index (Phi) is 4.32. The van der Waals surface area contributed by atoms with E-state index in [-0.39, 0.29) is 14.8 Å². The Morgan fingerprint density at radius 1 is 1.00 bits per heavy atom. The maximum absolute atomic E-state index is 12.7. The summed E-state index contributed by atoms with van der Waals surface area (Å²) in [7, 11) is -4.45. The van der Waals surface area contributed by atoms with E-state index in [4.69, 9.17) is 11.6 Å². The minimum atomic E-state index is -4.45. The van der Waals surface area contributed by atoms with Crippen LogP contribution in [0.15, 0.2) is 59.5 Å². The summed E-state index contributed by atoms with van der Waals surface area (Å²) >= 11 is 5.36. The fraction of sp³-hybridized carbons (Fsp3) is 0.0625. The molecular formula is C16H11ClN2O5S. The fourth-order valence-corrected chi connectivity index (χ4v) is 3.90. The van der Waals surface area contributed by atoms with Crippen LogP contribution < -0.4 is 4.90 Å². The molecule has 0 aliphatic carbocycles. The molecule has 1 saturated heterocycles. The van der Waals surface area contributed by atoms with Gasteiger partial charge in [-0.25, -0.2) is 13.2 Å². The molecule has 0 unspecified atom stereocenters. The first kappa shape index (κ1) is 17.1. The number of imide groups is 1. The van der Waals surface area contributed by atoms with Gasteiger partial charge in [0.15, 0.2) is 0 Å². The molecule has 0 atom stereocenters. The van der Waals surface area contributed by atoms with E-state index in [9.17, 15) is 22.8 Å². The molecule has 0 N–H and O–H groups in total. The van der Waals surface area contributed by atoms with Gasteiger partial charge in [-0.1, -0.05) is 30.3 Å². The lowest BCUT2D eigenvalue weighted by atomic mass is 10.2. The van der Waals surface area contributed by atoms with Crippen LogP contribution in [0.25, 0.3) is 0 Å². The van der Waals surface area contributed by atoms with Crippen molar-refractivity contribution >= 4 is 44.5 Å². The van der Waals surface area contributed by atoms with Gasteiger partial charge in [-0.15, -0.1) is 4.31 Å². The van der Waals surface area contributed by atoms with Crippen molar-refractivity contribution in [1.82, 2.24) is 4.31 Å². The largest absolute Gasteiger partial charge is 0.346 e. The topological polar surface area (TPSA) is 91.8 Å². The lowest BCUT2D eigenvalue weighted by Gasteiger charge is -2.17. The number of carbonyl (C=O) groups is 3. The van der Waals surface area contributed by atoms with Crippen LogP contribution in [-0.4, -0.2) is 36.4 Å². The van der Waals surface area contributed by atoms with Gasteiger partial charge in [0.25, 0.3) is 21.2 Å². The van der Waals surface area contributed by atoms with Crippen molar-refractivity contribution in [2.45, 2.75) is 4.90 Å². The van der Waals surface area contributed by atoms with Gasteiger partial charge >= 0.3 is 6.03 Å². The fourth-order valence-electron chi connectivity index (χ4n) is 2.41. The van der Waals surface area contributed by atoms with Crippen molar-refractivity contribution in [1.29, 1.82) is 0 Å². The number of benzene rings is 2. The quantitative estimate of drug-likeness (QED) is 0.601. The Bertz CT molecular complexity index is 975. The summed E-state index contributed by atoms with van der Waals surface area (Å²) in [6.45, 7) is -0.393. The van der Waals surface area contributed by atoms with Crippen LogP contribution >= 0.6 is 11.6 Å². The van der Waals surface area contributed by atoms with Crippen molar-refractivity contribution in [3.8, 4) is 0 Å². The molecule has 128 valence electrons. The van der Waals surface area contributed by atoms with Gasteiger partial charge in [-0.2, -0.15) is 0 Å². The number of para-hydroxylation sites is 1. The van der Waals surface area contributed by atoms with E-state index in [2.05, 4.69) is 0 Å². The van der Waals surface area contributed by atoms with E-state index >= 15 is 0 Å². The zero-order valence-electron chi connectivity index (χ0n) is 12.6. The first-order chi connectivity index (χ1) is 11.8. The molecule has 1 heterocycles. The third-order valence-corrected chi connectivity index (χ3v) is 5.50. The Morgan fingerprint density at radius 3 is 2.32 bits per heavy atom. The first-order valence-electron chi connectivity index (χ1n) is 7.07. The Balaban J connectivity index is 2.00. The summed E-state index contributed by atoms with van der Waals surface area (Å²) in [5.74, 6) is -0.878. The predicted molar refractivity (Wildman–Crippen MR) is 89.8 cm³/mol. The van der Waals surface area contributed by atoms with Crippen LogP contribution in [0.2, 0.25) is 0 Å². The highest BCUT2D eigenvalue weighted by Gasteiger charge is 2.45. The van der Waals surface area contributed by atoms with Crippen molar-refractivity contribution in [2.75, 3.05) is 11.4 Å². The Morgan fingerprint density at radius 2 is 1.68 bits per heavy atom. The van der Waals surface area contributed by atoms with Crippen LogP contribution in [0.1, 0.15) is 10.4 Å². The molecule has 0 aromatic heterocycles. The van der Waals surface area contributed by atoms with Crippen LogP contribution in [0.3, 0.4) is 0 Å². The highest BCUT2D eigenvalue weighted by Crippen LogP contribution is 2.26. The maximum atomic E-state index is 12.7. The van der Waals surface area contributed by atoms with Crippen molar-refractivity contribution < 1.29 is 22.8 Å². The van der Waals surface area contributed by atoms with Gasteiger partial charge in [-0.3, -0.25) is 14.5 Å². The van der Waals surface area contributed by atoms with Crippen molar-refractivity contribution in [3.05, 3.63) is 60.2 Å². The molecule has 0 spiro atoms. The van der Waals surface area contributed by atoms with Crippen LogP contribution in [-0.2, 0) is 14.8 Å². The Hall–Kier alpha value is -2.71. The maximum Gasteiger partial charge on any atom is 0.346 e. The molecular weight excluding hydrogens is 368 g/mol. The summed E-state index contributed by atoms with van der Waals surface area (Å²) in [5, 5.41) is -0.845. The van der Waals surface area contributed by atoms with E-state index in [0.717, 1.165) is 11.0 Å². The normalized spacial score (nSPS) is 14.9. The minimum absolute atomic E-state index is 0.0539. The Labute approximate surface area is 148 Å². The number of halogens is 1. The van der Waals surface area contributed by atoms with E-state index in [1.165, 1.54) is 18.2 Å². The number of amides is 3. The number of carbonyl (C=O) groups excluding carboxylic acids is 3. The van der Waals surface area contributed by atoms with Crippen molar-refractivity contribution in [2.24, 2.45) is 0 Å². The molecule has 25 heavy (non-hydrogen) atoms. The molecule has 3 rings (SSSR count). The summed E-state index contributed by atoms with van der Waals surface area (Å²) < 4.78 is 25.6. The van der Waals surface area contributed by atoms with E-state index in [1.807, 2.05) is 0 Å². The second-order valence-electron chi connectivity index (χ2n) is 5.17. The highest BCUT2D eigenvalue weighted by atomic mass is 35.5. The third kappa shape index (κ3) is 3.01. The molecule has 2 aromatic carbocycles. The predicted octanol–water partition coefficient (Wildman–Crippen LogP) is 2.22. The van der Waals surface area contributed by atoms with Gasteiger partial charge in [0.2, 0.25) is 0 Å². The molecule has 1 fully saturated rings. The van der Waals surface area contributed by atoms with Crippen LogP contribution in [0.5, 0.6) is 0 Å². The highest BCUT2D eigenvalue weighted by molar-refractivity contribution is 7.90. The van der Waals surface area contributed by atoms with Gasteiger partial charge in [0.1, 0.15) is 6.54 Å². The average molecular weight is 379 g/mol. The number of nitrogens with zero attached hydrogens (tertiary/aromatic N) is 2. The van der Waals surface area contributed by atoms with E-state index < -0.39 is 33.7 Å². The standard InChI is InChI=1S/C16H11ClN2O5S/c17-15(21)11-5-4-8-13(9-11)25(23,24)19-14(20)10-18(16(19)22)12-6-2-1-3-7-12/h1-9H,10H2. The third-order valence-electron chi connectivity index (χ3n) is 3.59. The van der Waals surface area contributed by atoms with Crippen LogP contribution in [0.4, 0.5) is 10.5 Å².